The second kappa shape index (κ2) is 5.93. The summed E-state index contributed by atoms with van der Waals surface area (Å²) in [6, 6.07) is 14.4. The molecule has 1 aliphatic rings. The Morgan fingerprint density at radius 2 is 2.08 bits per heavy atom. The van der Waals surface area contributed by atoms with Gasteiger partial charge >= 0.3 is 0 Å². The van der Waals surface area contributed by atoms with E-state index in [-0.39, 0.29) is 17.0 Å². The van der Waals surface area contributed by atoms with Crippen molar-refractivity contribution in [1.82, 2.24) is 4.98 Å². The molecule has 1 saturated heterocycles. The highest BCUT2D eigenvalue weighted by Crippen LogP contribution is 2.43. The fourth-order valence-electron chi connectivity index (χ4n) is 3.16. The number of hydrogen-bond acceptors (Lipinski definition) is 4. The van der Waals surface area contributed by atoms with Crippen molar-refractivity contribution in [2.24, 2.45) is 0 Å². The molecule has 4 rings (SSSR count). The lowest BCUT2D eigenvalue weighted by atomic mass is 10.1. The van der Waals surface area contributed by atoms with Crippen molar-refractivity contribution in [1.29, 1.82) is 0 Å². The van der Waals surface area contributed by atoms with Gasteiger partial charge in [-0.15, -0.1) is 11.8 Å². The third-order valence-corrected chi connectivity index (χ3v) is 5.46. The van der Waals surface area contributed by atoms with Crippen LogP contribution < -0.4 is 4.90 Å². The fraction of sp³-hybridized carbons (Fsp3) is 0.167. The molecule has 0 saturated carbocycles. The molecule has 2 aromatic carbocycles. The van der Waals surface area contributed by atoms with Crippen molar-refractivity contribution in [3.05, 3.63) is 69.9 Å². The number of carbonyl (C=O) groups excluding carboxylic acids is 1. The number of nitro benzene ring substituents is 1. The molecule has 1 atom stereocenters. The minimum atomic E-state index is -0.413. The van der Waals surface area contributed by atoms with Crippen LogP contribution in [0.3, 0.4) is 0 Å². The topological polar surface area (TPSA) is 79.2 Å². The normalized spacial score (nSPS) is 17.4. The molecule has 0 aliphatic carbocycles. The monoisotopic (exact) mass is 353 g/mol. The molecule has 1 fully saturated rings. The van der Waals surface area contributed by atoms with E-state index in [9.17, 15) is 14.9 Å². The van der Waals surface area contributed by atoms with Crippen LogP contribution in [0.2, 0.25) is 0 Å². The molecular formula is C18H15N3O3S. The highest BCUT2D eigenvalue weighted by molar-refractivity contribution is 8.00. The Hall–Kier alpha value is -2.80. The average molecular weight is 353 g/mol. The molecule has 3 aromatic rings. The predicted molar refractivity (Wildman–Crippen MR) is 98.8 cm³/mol. The van der Waals surface area contributed by atoms with Crippen LogP contribution in [0.25, 0.3) is 10.9 Å². The van der Waals surface area contributed by atoms with E-state index in [0.29, 0.717) is 5.75 Å². The first-order chi connectivity index (χ1) is 12.0. The standard InChI is InChI=1S/C18H15N3O3S/c1-11-7-13-9-14(5-6-16(13)19-11)20-17(22)10-25-18(20)12-3-2-4-15(8-12)21(23)24/h2-9,18-19H,10H2,1H3. The van der Waals surface area contributed by atoms with Crippen LogP contribution in [-0.4, -0.2) is 21.6 Å². The Morgan fingerprint density at radius 1 is 1.24 bits per heavy atom. The van der Waals surface area contributed by atoms with Crippen LogP contribution >= 0.6 is 11.8 Å². The number of nitrogens with zero attached hydrogens (tertiary/aromatic N) is 2. The number of carbonyl (C=O) groups is 1. The van der Waals surface area contributed by atoms with Gasteiger partial charge in [0.2, 0.25) is 5.91 Å². The first kappa shape index (κ1) is 15.7. The molecule has 0 bridgehead atoms. The maximum Gasteiger partial charge on any atom is 0.269 e. The summed E-state index contributed by atoms with van der Waals surface area (Å²) in [7, 11) is 0. The van der Waals surface area contributed by atoms with Crippen LogP contribution in [0.4, 0.5) is 11.4 Å². The molecule has 0 spiro atoms. The first-order valence-corrected chi connectivity index (χ1v) is 8.85. The molecule has 1 amide bonds. The number of nitro groups is 1. The van der Waals surface area contributed by atoms with Gasteiger partial charge in [-0.25, -0.2) is 0 Å². The van der Waals surface area contributed by atoms with E-state index in [0.717, 1.165) is 27.8 Å². The molecule has 0 radical (unpaired) electrons. The summed E-state index contributed by atoms with van der Waals surface area (Å²) < 4.78 is 0. The van der Waals surface area contributed by atoms with Crippen molar-refractivity contribution in [3.63, 3.8) is 0 Å². The van der Waals surface area contributed by atoms with Gasteiger partial charge in [-0.2, -0.15) is 0 Å². The number of aromatic nitrogens is 1. The molecule has 1 N–H and O–H groups in total. The van der Waals surface area contributed by atoms with E-state index in [4.69, 9.17) is 0 Å². The van der Waals surface area contributed by atoms with E-state index >= 15 is 0 Å². The van der Waals surface area contributed by atoms with Gasteiger partial charge in [-0.3, -0.25) is 19.8 Å². The summed E-state index contributed by atoms with van der Waals surface area (Å²) in [6.07, 6.45) is 0. The Bertz CT molecular complexity index is 998. The molecule has 1 aliphatic heterocycles. The first-order valence-electron chi connectivity index (χ1n) is 7.80. The minimum Gasteiger partial charge on any atom is -0.359 e. The smallest absolute Gasteiger partial charge is 0.269 e. The highest BCUT2D eigenvalue weighted by Gasteiger charge is 2.34. The number of benzene rings is 2. The number of fused-ring (bicyclic) bond motifs is 1. The Labute approximate surface area is 148 Å². The van der Waals surface area contributed by atoms with Crippen LogP contribution in [0.5, 0.6) is 0 Å². The molecule has 25 heavy (non-hydrogen) atoms. The van der Waals surface area contributed by atoms with Crippen molar-refractivity contribution < 1.29 is 9.72 Å². The summed E-state index contributed by atoms with van der Waals surface area (Å²) in [5, 5.41) is 11.8. The largest absolute Gasteiger partial charge is 0.359 e. The highest BCUT2D eigenvalue weighted by atomic mass is 32.2. The van der Waals surface area contributed by atoms with E-state index < -0.39 is 4.92 Å². The molecule has 2 heterocycles. The van der Waals surface area contributed by atoms with E-state index in [2.05, 4.69) is 4.98 Å². The number of hydrogen-bond donors (Lipinski definition) is 1. The molecular weight excluding hydrogens is 338 g/mol. The zero-order valence-corrected chi connectivity index (χ0v) is 14.2. The number of rotatable bonds is 3. The summed E-state index contributed by atoms with van der Waals surface area (Å²) in [5.41, 5.74) is 3.68. The SMILES string of the molecule is Cc1cc2cc(N3C(=O)CSC3c3cccc([N+](=O)[O-])c3)ccc2[nH]1. The van der Waals surface area contributed by atoms with Gasteiger partial charge < -0.3 is 4.98 Å². The van der Waals surface area contributed by atoms with Crippen LogP contribution in [0.1, 0.15) is 16.6 Å². The van der Waals surface area contributed by atoms with E-state index in [1.165, 1.54) is 17.8 Å². The predicted octanol–water partition coefficient (Wildman–Crippen LogP) is 4.16. The summed E-state index contributed by atoms with van der Waals surface area (Å²) >= 11 is 1.48. The second-order valence-electron chi connectivity index (χ2n) is 6.00. The lowest BCUT2D eigenvalue weighted by Gasteiger charge is -2.24. The van der Waals surface area contributed by atoms with E-state index in [1.807, 2.05) is 37.3 Å². The van der Waals surface area contributed by atoms with Gasteiger partial charge in [-0.05, 0) is 36.8 Å². The molecule has 1 unspecified atom stereocenters. The number of non-ortho nitro benzene ring substituents is 1. The molecule has 126 valence electrons. The van der Waals surface area contributed by atoms with Crippen molar-refractivity contribution in [2.75, 3.05) is 10.7 Å². The number of amides is 1. The van der Waals surface area contributed by atoms with Crippen molar-refractivity contribution in [2.45, 2.75) is 12.3 Å². The zero-order valence-electron chi connectivity index (χ0n) is 13.4. The summed E-state index contributed by atoms with van der Waals surface area (Å²) in [5.74, 6) is 0.366. The number of anilines is 1. The number of thioether (sulfide) groups is 1. The Kier molecular flexibility index (Phi) is 3.73. The second-order valence-corrected chi connectivity index (χ2v) is 7.07. The average Bonchev–Trinajstić information content (AvgIpc) is 3.15. The summed E-state index contributed by atoms with van der Waals surface area (Å²) in [6.45, 7) is 1.99. The zero-order chi connectivity index (χ0) is 17.6. The fourth-order valence-corrected chi connectivity index (χ4v) is 4.32. The lowest BCUT2D eigenvalue weighted by Crippen LogP contribution is -2.27. The molecule has 1 aromatic heterocycles. The molecule has 7 heteroatoms. The minimum absolute atomic E-state index is 0.00751. The van der Waals surface area contributed by atoms with E-state index in [1.54, 1.807) is 17.0 Å². The number of aromatic amines is 1. The van der Waals surface area contributed by atoms with Gasteiger partial charge in [0.1, 0.15) is 5.37 Å². The lowest BCUT2D eigenvalue weighted by molar-refractivity contribution is -0.384. The third-order valence-electron chi connectivity index (χ3n) is 4.25. The van der Waals surface area contributed by atoms with Gasteiger partial charge in [0, 0.05) is 34.4 Å². The van der Waals surface area contributed by atoms with Crippen molar-refractivity contribution >= 4 is 39.9 Å². The Balaban J connectivity index is 1.76. The number of H-pyrrole nitrogens is 1. The maximum absolute atomic E-state index is 12.5. The van der Waals surface area contributed by atoms with Gasteiger partial charge in [-0.1, -0.05) is 12.1 Å². The molecule has 6 nitrogen and oxygen atoms in total. The van der Waals surface area contributed by atoms with Gasteiger partial charge in [0.05, 0.1) is 10.7 Å². The number of nitrogens with one attached hydrogen (secondary N) is 1. The van der Waals surface area contributed by atoms with Gasteiger partial charge in [0.25, 0.3) is 5.69 Å². The maximum atomic E-state index is 12.5. The van der Waals surface area contributed by atoms with Crippen LogP contribution in [0, 0.1) is 17.0 Å². The Morgan fingerprint density at radius 3 is 2.88 bits per heavy atom. The summed E-state index contributed by atoms with van der Waals surface area (Å²) in [4.78, 5) is 28.1. The third kappa shape index (κ3) is 2.76. The quantitative estimate of drug-likeness (QED) is 0.566. The van der Waals surface area contributed by atoms with Gasteiger partial charge in [0.15, 0.2) is 0 Å². The van der Waals surface area contributed by atoms with Crippen LogP contribution in [0.15, 0.2) is 48.5 Å². The number of aryl methyl sites for hydroxylation is 1. The van der Waals surface area contributed by atoms with Crippen molar-refractivity contribution in [3.8, 4) is 0 Å². The van der Waals surface area contributed by atoms with Crippen LogP contribution in [-0.2, 0) is 4.79 Å².